The minimum Gasteiger partial charge on any atom is -0.357 e. The first-order valence-corrected chi connectivity index (χ1v) is 12.1. The van der Waals surface area contributed by atoms with Crippen LogP contribution in [0.2, 0.25) is 0 Å². The quantitative estimate of drug-likeness (QED) is 0.708. The van der Waals surface area contributed by atoms with Crippen LogP contribution in [0.3, 0.4) is 0 Å². The lowest BCUT2D eigenvalue weighted by atomic mass is 9.92. The van der Waals surface area contributed by atoms with Gasteiger partial charge in [-0.3, -0.25) is 4.79 Å². The van der Waals surface area contributed by atoms with E-state index in [1.165, 1.54) is 18.4 Å². The first-order chi connectivity index (χ1) is 14.5. The Balaban J connectivity index is 1.27. The van der Waals surface area contributed by atoms with E-state index in [1.807, 2.05) is 18.2 Å². The van der Waals surface area contributed by atoms with Crippen LogP contribution < -0.4 is 14.9 Å². The highest BCUT2D eigenvalue weighted by molar-refractivity contribution is 7.89. The largest absolute Gasteiger partial charge is 0.357 e. The third-order valence-electron chi connectivity index (χ3n) is 5.74. The van der Waals surface area contributed by atoms with Gasteiger partial charge in [0.1, 0.15) is 5.82 Å². The van der Waals surface area contributed by atoms with Crippen molar-refractivity contribution in [2.75, 3.05) is 29.9 Å². The van der Waals surface area contributed by atoms with Crippen molar-refractivity contribution < 1.29 is 13.2 Å². The van der Waals surface area contributed by atoms with Crippen LogP contribution in [0.1, 0.15) is 43.2 Å². The van der Waals surface area contributed by atoms with E-state index in [1.54, 1.807) is 18.3 Å². The van der Waals surface area contributed by atoms with E-state index in [2.05, 4.69) is 19.9 Å². The normalized spacial score (nSPS) is 16.3. The lowest BCUT2D eigenvalue weighted by molar-refractivity contribution is -0.116. The summed E-state index contributed by atoms with van der Waals surface area (Å²) in [7, 11) is -3.63. The van der Waals surface area contributed by atoms with Crippen LogP contribution in [0.15, 0.2) is 41.4 Å². The van der Waals surface area contributed by atoms with Gasteiger partial charge in [0, 0.05) is 26.1 Å². The van der Waals surface area contributed by atoms with E-state index >= 15 is 0 Å². The van der Waals surface area contributed by atoms with Gasteiger partial charge in [0.25, 0.3) is 0 Å². The van der Waals surface area contributed by atoms with Crippen LogP contribution in [0.5, 0.6) is 0 Å². The Kier molecular flexibility index (Phi) is 6.34. The predicted octanol–water partition coefficient (Wildman–Crippen LogP) is 2.87. The molecule has 0 atom stereocenters. The Morgan fingerprint density at radius 2 is 1.77 bits per heavy atom. The van der Waals surface area contributed by atoms with E-state index in [4.69, 9.17) is 0 Å². The zero-order chi connectivity index (χ0) is 21.0. The molecule has 0 spiro atoms. The maximum absolute atomic E-state index is 12.6. The highest BCUT2D eigenvalue weighted by Crippen LogP contribution is 2.24. The number of hydrogen-bond acceptors (Lipinski definition) is 5. The molecule has 160 valence electrons. The van der Waals surface area contributed by atoms with Crippen LogP contribution >= 0.6 is 0 Å². The molecular formula is C22H28N4O3S. The van der Waals surface area contributed by atoms with Crippen LogP contribution in [0.4, 0.5) is 11.5 Å². The van der Waals surface area contributed by atoms with Gasteiger partial charge in [-0.25, -0.2) is 18.1 Å². The van der Waals surface area contributed by atoms with E-state index in [-0.39, 0.29) is 23.8 Å². The minimum atomic E-state index is -3.63. The van der Waals surface area contributed by atoms with Crippen molar-refractivity contribution in [3.8, 4) is 0 Å². The maximum atomic E-state index is 12.6. The van der Waals surface area contributed by atoms with Gasteiger partial charge < -0.3 is 10.2 Å². The molecule has 1 aliphatic heterocycles. The summed E-state index contributed by atoms with van der Waals surface area (Å²) in [4.78, 5) is 19.1. The average molecular weight is 429 g/mol. The second kappa shape index (κ2) is 9.14. The molecule has 1 aromatic carbocycles. The van der Waals surface area contributed by atoms with Crippen LogP contribution in [-0.4, -0.2) is 38.9 Å². The second-order valence-corrected chi connectivity index (χ2v) is 9.70. The van der Waals surface area contributed by atoms with Crippen molar-refractivity contribution in [2.45, 2.75) is 49.8 Å². The summed E-state index contributed by atoms with van der Waals surface area (Å²) in [6, 6.07) is 9.06. The van der Waals surface area contributed by atoms with E-state index < -0.39 is 10.0 Å². The zero-order valence-corrected chi connectivity index (χ0v) is 17.9. The lowest BCUT2D eigenvalue weighted by Gasteiger charge is -2.17. The van der Waals surface area contributed by atoms with Crippen molar-refractivity contribution in [1.82, 2.24) is 9.71 Å². The van der Waals surface area contributed by atoms with Gasteiger partial charge in [0.2, 0.25) is 15.9 Å². The Bertz CT molecular complexity index is 1000. The Morgan fingerprint density at radius 3 is 2.50 bits per heavy atom. The van der Waals surface area contributed by atoms with Crippen LogP contribution in [0, 0.1) is 0 Å². The number of rotatable bonds is 7. The SMILES string of the molecule is O=C(CCNS(=O)(=O)c1ccc2c(c1)CCCC2)Nc1ccc(N2CCCC2)nc1. The summed E-state index contributed by atoms with van der Waals surface area (Å²) >= 11 is 0. The standard InChI is InChI=1S/C22H28N4O3S/c27-22(25-19-8-10-21(23-16-19)26-13-3-4-14-26)11-12-24-30(28,29)20-9-7-17-5-1-2-6-18(17)15-20/h7-10,15-16,24H,1-6,11-14H2,(H,25,27). The first kappa shape index (κ1) is 20.8. The number of nitrogens with zero attached hydrogens (tertiary/aromatic N) is 2. The highest BCUT2D eigenvalue weighted by Gasteiger charge is 2.18. The molecule has 8 heteroatoms. The summed E-state index contributed by atoms with van der Waals surface area (Å²) in [6.07, 6.45) is 8.24. The summed E-state index contributed by atoms with van der Waals surface area (Å²) in [5.74, 6) is 0.669. The molecule has 2 heterocycles. The van der Waals surface area contributed by atoms with Crippen LogP contribution in [0.25, 0.3) is 0 Å². The molecule has 2 N–H and O–H groups in total. The smallest absolute Gasteiger partial charge is 0.240 e. The van der Waals surface area contributed by atoms with Gasteiger partial charge in [-0.1, -0.05) is 6.07 Å². The summed E-state index contributed by atoms with van der Waals surface area (Å²) in [5, 5.41) is 2.77. The van der Waals surface area contributed by atoms with Crippen molar-refractivity contribution in [1.29, 1.82) is 0 Å². The number of hydrogen-bond donors (Lipinski definition) is 2. The second-order valence-electron chi connectivity index (χ2n) is 7.93. The number of sulfonamides is 1. The van der Waals surface area contributed by atoms with E-state index in [0.717, 1.165) is 50.2 Å². The van der Waals surface area contributed by atoms with Gasteiger partial charge in [0.15, 0.2) is 0 Å². The number of pyridine rings is 1. The predicted molar refractivity (Wildman–Crippen MR) is 117 cm³/mol. The van der Waals surface area contributed by atoms with Gasteiger partial charge in [-0.05, 0) is 73.9 Å². The molecule has 1 aromatic heterocycles. The fraction of sp³-hybridized carbons (Fsp3) is 0.455. The van der Waals surface area contributed by atoms with Crippen molar-refractivity contribution in [3.05, 3.63) is 47.7 Å². The summed E-state index contributed by atoms with van der Waals surface area (Å²) < 4.78 is 27.7. The highest BCUT2D eigenvalue weighted by atomic mass is 32.2. The Hall–Kier alpha value is -2.45. The zero-order valence-electron chi connectivity index (χ0n) is 17.1. The first-order valence-electron chi connectivity index (χ1n) is 10.6. The number of carbonyl (C=O) groups is 1. The molecule has 2 aliphatic rings. The number of aromatic nitrogens is 1. The van der Waals surface area contributed by atoms with Gasteiger partial charge in [0.05, 0.1) is 16.8 Å². The third kappa shape index (κ3) is 4.99. The Morgan fingerprint density at radius 1 is 1.00 bits per heavy atom. The fourth-order valence-corrected chi connectivity index (χ4v) is 5.16. The molecule has 0 bridgehead atoms. The van der Waals surface area contributed by atoms with Gasteiger partial charge in [-0.2, -0.15) is 0 Å². The van der Waals surface area contributed by atoms with E-state index in [9.17, 15) is 13.2 Å². The number of amides is 1. The maximum Gasteiger partial charge on any atom is 0.240 e. The number of benzene rings is 1. The summed E-state index contributed by atoms with van der Waals surface area (Å²) in [5.41, 5.74) is 2.97. The topological polar surface area (TPSA) is 91.4 Å². The van der Waals surface area contributed by atoms with Gasteiger partial charge >= 0.3 is 0 Å². The number of fused-ring (bicyclic) bond motifs is 1. The number of carbonyl (C=O) groups excluding carboxylic acids is 1. The number of anilines is 2. The minimum absolute atomic E-state index is 0.0462. The fourth-order valence-electron chi connectivity index (χ4n) is 4.08. The monoisotopic (exact) mass is 428 g/mol. The molecule has 0 unspecified atom stereocenters. The molecule has 0 saturated carbocycles. The molecule has 1 amide bonds. The molecule has 7 nitrogen and oxygen atoms in total. The van der Waals surface area contributed by atoms with Gasteiger partial charge in [-0.15, -0.1) is 0 Å². The Labute approximate surface area is 177 Å². The molecule has 1 fully saturated rings. The molecular weight excluding hydrogens is 400 g/mol. The van der Waals surface area contributed by atoms with E-state index in [0.29, 0.717) is 5.69 Å². The van der Waals surface area contributed by atoms with Crippen molar-refractivity contribution in [3.63, 3.8) is 0 Å². The average Bonchev–Trinajstić information content (AvgIpc) is 3.29. The van der Waals surface area contributed by atoms with Crippen molar-refractivity contribution >= 4 is 27.4 Å². The molecule has 30 heavy (non-hydrogen) atoms. The van der Waals surface area contributed by atoms with Crippen LogP contribution in [-0.2, 0) is 27.7 Å². The molecule has 1 saturated heterocycles. The molecule has 2 aromatic rings. The third-order valence-corrected chi connectivity index (χ3v) is 7.19. The lowest BCUT2D eigenvalue weighted by Crippen LogP contribution is -2.28. The van der Waals surface area contributed by atoms with Crippen molar-refractivity contribution in [2.24, 2.45) is 0 Å². The number of aryl methyl sites for hydroxylation is 2. The molecule has 4 rings (SSSR count). The molecule has 0 radical (unpaired) electrons. The number of nitrogens with one attached hydrogen (secondary N) is 2. The summed E-state index contributed by atoms with van der Waals surface area (Å²) in [6.45, 7) is 2.08. The molecule has 1 aliphatic carbocycles.